The highest BCUT2D eigenvalue weighted by Crippen LogP contribution is 2.18. The molecule has 3 rings (SSSR count). The van der Waals surface area contributed by atoms with Crippen molar-refractivity contribution in [2.45, 2.75) is 32.9 Å². The van der Waals surface area contributed by atoms with Crippen molar-refractivity contribution in [2.75, 3.05) is 26.2 Å². The second kappa shape index (κ2) is 9.55. The van der Waals surface area contributed by atoms with Crippen LogP contribution in [0.1, 0.15) is 31.2 Å². The van der Waals surface area contributed by atoms with Crippen LogP contribution in [0.2, 0.25) is 0 Å². The lowest BCUT2D eigenvalue weighted by Gasteiger charge is -2.23. The summed E-state index contributed by atoms with van der Waals surface area (Å²) < 4.78 is 1.97. The number of aryl methyl sites for hydroxylation is 1. The first-order valence-corrected chi connectivity index (χ1v) is 9.91. The van der Waals surface area contributed by atoms with Crippen LogP contribution < -0.4 is 5.32 Å². The summed E-state index contributed by atoms with van der Waals surface area (Å²) >= 11 is 0. The summed E-state index contributed by atoms with van der Waals surface area (Å²) in [6.45, 7) is 7.26. The zero-order chi connectivity index (χ0) is 19.1. The molecule has 2 aromatic rings. The van der Waals surface area contributed by atoms with Gasteiger partial charge in [0.1, 0.15) is 5.82 Å². The molecule has 1 aromatic heterocycles. The SMILES string of the molecule is CCCN(Cc1nccn1C)C(=O)NC[C@H]1CCN(Cc2ccccc2)C1. The predicted molar refractivity (Wildman–Crippen MR) is 107 cm³/mol. The van der Waals surface area contributed by atoms with Crippen LogP contribution in [0.5, 0.6) is 0 Å². The molecular formula is C21H31N5O. The van der Waals surface area contributed by atoms with Gasteiger partial charge < -0.3 is 14.8 Å². The van der Waals surface area contributed by atoms with Crippen LogP contribution in [0, 0.1) is 5.92 Å². The van der Waals surface area contributed by atoms with E-state index in [4.69, 9.17) is 0 Å². The Balaban J connectivity index is 1.45. The molecule has 0 unspecified atom stereocenters. The Kier molecular flexibility index (Phi) is 6.87. The number of hydrogen-bond donors (Lipinski definition) is 1. The van der Waals surface area contributed by atoms with E-state index in [2.05, 4.69) is 52.5 Å². The Bertz CT molecular complexity index is 714. The second-order valence-corrected chi connectivity index (χ2v) is 7.44. The number of carbonyl (C=O) groups is 1. The van der Waals surface area contributed by atoms with Gasteiger partial charge in [-0.25, -0.2) is 9.78 Å². The van der Waals surface area contributed by atoms with Crippen LogP contribution in [-0.4, -0.2) is 51.6 Å². The van der Waals surface area contributed by atoms with E-state index in [-0.39, 0.29) is 6.03 Å². The number of aromatic nitrogens is 2. The summed E-state index contributed by atoms with van der Waals surface area (Å²) in [4.78, 5) is 21.3. The van der Waals surface area contributed by atoms with Crippen molar-refractivity contribution >= 4 is 6.03 Å². The van der Waals surface area contributed by atoms with E-state index in [0.717, 1.165) is 51.4 Å². The van der Waals surface area contributed by atoms with E-state index in [1.165, 1.54) is 5.56 Å². The van der Waals surface area contributed by atoms with Crippen LogP contribution in [0.15, 0.2) is 42.7 Å². The van der Waals surface area contributed by atoms with Crippen molar-refractivity contribution in [2.24, 2.45) is 13.0 Å². The summed E-state index contributed by atoms with van der Waals surface area (Å²) in [6.07, 6.45) is 5.76. The first-order valence-electron chi connectivity index (χ1n) is 9.91. The summed E-state index contributed by atoms with van der Waals surface area (Å²) in [5, 5.41) is 3.15. The van der Waals surface area contributed by atoms with E-state index in [9.17, 15) is 4.79 Å². The monoisotopic (exact) mass is 369 g/mol. The van der Waals surface area contributed by atoms with Crippen LogP contribution in [0.3, 0.4) is 0 Å². The van der Waals surface area contributed by atoms with Gasteiger partial charge in [0.15, 0.2) is 0 Å². The number of hydrogen-bond acceptors (Lipinski definition) is 3. The summed E-state index contributed by atoms with van der Waals surface area (Å²) in [5.74, 6) is 1.43. The molecule has 2 amide bonds. The number of amides is 2. The molecule has 6 heteroatoms. The number of nitrogens with one attached hydrogen (secondary N) is 1. The molecule has 0 saturated carbocycles. The molecule has 1 N–H and O–H groups in total. The number of likely N-dealkylation sites (tertiary alicyclic amines) is 1. The Labute approximate surface area is 162 Å². The molecule has 1 atom stereocenters. The molecule has 2 heterocycles. The topological polar surface area (TPSA) is 53.4 Å². The van der Waals surface area contributed by atoms with E-state index in [1.54, 1.807) is 6.20 Å². The van der Waals surface area contributed by atoms with Crippen molar-refractivity contribution in [1.82, 2.24) is 24.7 Å². The standard InChI is InChI=1S/C21H31N5O/c1-3-11-26(17-20-22-10-13-24(20)2)21(27)23-14-19-9-12-25(16-19)15-18-7-5-4-6-8-18/h4-8,10,13,19H,3,9,11-12,14-17H2,1-2H3,(H,23,27)/t19-/m1/s1. The van der Waals surface area contributed by atoms with Gasteiger partial charge in [0.25, 0.3) is 0 Å². The highest BCUT2D eigenvalue weighted by Gasteiger charge is 2.24. The lowest BCUT2D eigenvalue weighted by Crippen LogP contribution is -2.42. The van der Waals surface area contributed by atoms with Gasteiger partial charge >= 0.3 is 6.03 Å². The molecule has 6 nitrogen and oxygen atoms in total. The van der Waals surface area contributed by atoms with Gasteiger partial charge in [0.2, 0.25) is 0 Å². The Morgan fingerprint density at radius 2 is 2.15 bits per heavy atom. The number of rotatable bonds is 8. The number of urea groups is 1. The Morgan fingerprint density at radius 3 is 2.85 bits per heavy atom. The zero-order valence-corrected chi connectivity index (χ0v) is 16.5. The number of benzene rings is 1. The highest BCUT2D eigenvalue weighted by atomic mass is 16.2. The average Bonchev–Trinajstić information content (AvgIpc) is 3.29. The van der Waals surface area contributed by atoms with Gasteiger partial charge in [-0.05, 0) is 30.9 Å². The van der Waals surface area contributed by atoms with Gasteiger partial charge in [-0.15, -0.1) is 0 Å². The molecule has 1 aromatic carbocycles. The van der Waals surface area contributed by atoms with Crippen molar-refractivity contribution in [3.8, 4) is 0 Å². The molecule has 0 radical (unpaired) electrons. The first-order chi connectivity index (χ1) is 13.2. The third-order valence-corrected chi connectivity index (χ3v) is 5.19. The number of imidazole rings is 1. The minimum Gasteiger partial charge on any atom is -0.338 e. The van der Waals surface area contributed by atoms with Crippen LogP contribution in [0.4, 0.5) is 4.79 Å². The minimum atomic E-state index is 0.0151. The zero-order valence-electron chi connectivity index (χ0n) is 16.5. The molecule has 27 heavy (non-hydrogen) atoms. The van der Waals surface area contributed by atoms with E-state index >= 15 is 0 Å². The van der Waals surface area contributed by atoms with E-state index in [1.807, 2.05) is 22.7 Å². The fourth-order valence-electron chi connectivity index (χ4n) is 3.65. The minimum absolute atomic E-state index is 0.0151. The van der Waals surface area contributed by atoms with Crippen molar-refractivity contribution < 1.29 is 4.79 Å². The smallest absolute Gasteiger partial charge is 0.317 e. The molecule has 1 fully saturated rings. The average molecular weight is 370 g/mol. The maximum atomic E-state index is 12.7. The Hall–Kier alpha value is -2.34. The summed E-state index contributed by atoms with van der Waals surface area (Å²) in [6, 6.07) is 10.6. The van der Waals surface area contributed by atoms with Gasteiger partial charge in [-0.1, -0.05) is 37.3 Å². The molecule has 0 bridgehead atoms. The third kappa shape index (κ3) is 5.57. The van der Waals surface area contributed by atoms with E-state index in [0.29, 0.717) is 12.5 Å². The lowest BCUT2D eigenvalue weighted by atomic mass is 10.1. The van der Waals surface area contributed by atoms with Gasteiger partial charge in [0, 0.05) is 45.6 Å². The summed E-state index contributed by atoms with van der Waals surface area (Å²) in [5.41, 5.74) is 1.35. The Morgan fingerprint density at radius 1 is 1.33 bits per heavy atom. The molecule has 1 aliphatic heterocycles. The van der Waals surface area contributed by atoms with Gasteiger partial charge in [0.05, 0.1) is 6.54 Å². The quantitative estimate of drug-likeness (QED) is 0.778. The van der Waals surface area contributed by atoms with Crippen molar-refractivity contribution in [3.63, 3.8) is 0 Å². The van der Waals surface area contributed by atoms with Crippen LogP contribution >= 0.6 is 0 Å². The predicted octanol–water partition coefficient (Wildman–Crippen LogP) is 2.86. The number of nitrogens with zero attached hydrogens (tertiary/aromatic N) is 4. The fraction of sp³-hybridized carbons (Fsp3) is 0.524. The van der Waals surface area contributed by atoms with Crippen molar-refractivity contribution in [3.05, 3.63) is 54.1 Å². The van der Waals surface area contributed by atoms with E-state index < -0.39 is 0 Å². The van der Waals surface area contributed by atoms with Gasteiger partial charge in [-0.3, -0.25) is 4.90 Å². The maximum absolute atomic E-state index is 12.7. The molecule has 1 aliphatic rings. The molecule has 146 valence electrons. The largest absolute Gasteiger partial charge is 0.338 e. The summed E-state index contributed by atoms with van der Waals surface area (Å²) in [7, 11) is 1.96. The maximum Gasteiger partial charge on any atom is 0.317 e. The highest BCUT2D eigenvalue weighted by molar-refractivity contribution is 5.74. The lowest BCUT2D eigenvalue weighted by molar-refractivity contribution is 0.191. The van der Waals surface area contributed by atoms with Gasteiger partial charge in [-0.2, -0.15) is 0 Å². The van der Waals surface area contributed by atoms with Crippen LogP contribution in [-0.2, 0) is 20.1 Å². The normalized spacial score (nSPS) is 17.2. The third-order valence-electron chi connectivity index (χ3n) is 5.19. The molecular weight excluding hydrogens is 338 g/mol. The molecule has 0 aliphatic carbocycles. The van der Waals surface area contributed by atoms with Crippen LogP contribution in [0.25, 0.3) is 0 Å². The first kappa shape index (κ1) is 19.4. The number of carbonyl (C=O) groups excluding carboxylic acids is 1. The molecule has 1 saturated heterocycles. The second-order valence-electron chi connectivity index (χ2n) is 7.44. The van der Waals surface area contributed by atoms with Crippen molar-refractivity contribution in [1.29, 1.82) is 0 Å². The molecule has 0 spiro atoms. The fourth-order valence-corrected chi connectivity index (χ4v) is 3.65.